The molecule has 1 spiro atoms. The third-order valence-corrected chi connectivity index (χ3v) is 7.40. The summed E-state index contributed by atoms with van der Waals surface area (Å²) in [5.74, 6) is 0.109. The fraction of sp³-hybridized carbons (Fsp3) is 0.481. The van der Waals surface area contributed by atoms with Gasteiger partial charge in [-0.2, -0.15) is 0 Å². The SMILES string of the molecule is Cc1ccccc1CCN1CCCCC12CCc1cc(C(=O)N(C)CCO)ccc1C2=O. The molecule has 1 N–H and O–H groups in total. The smallest absolute Gasteiger partial charge is 0.253 e. The van der Waals surface area contributed by atoms with Crippen LogP contribution in [0.15, 0.2) is 42.5 Å². The first-order valence-corrected chi connectivity index (χ1v) is 11.8. The van der Waals surface area contributed by atoms with Crippen LogP contribution in [0, 0.1) is 6.92 Å². The van der Waals surface area contributed by atoms with Crippen LogP contribution in [-0.4, -0.2) is 65.4 Å². The number of hydrogen-bond acceptors (Lipinski definition) is 4. The van der Waals surface area contributed by atoms with Crippen LogP contribution in [-0.2, 0) is 12.8 Å². The molecule has 0 aromatic heterocycles. The highest BCUT2D eigenvalue weighted by molar-refractivity contribution is 6.06. The van der Waals surface area contributed by atoms with Crippen molar-refractivity contribution in [1.82, 2.24) is 9.80 Å². The first-order chi connectivity index (χ1) is 15.5. The summed E-state index contributed by atoms with van der Waals surface area (Å²) in [5.41, 5.74) is 4.60. The molecule has 4 rings (SSSR count). The molecule has 5 nitrogen and oxygen atoms in total. The van der Waals surface area contributed by atoms with Gasteiger partial charge >= 0.3 is 0 Å². The van der Waals surface area contributed by atoms with E-state index >= 15 is 0 Å². The number of piperidine rings is 1. The van der Waals surface area contributed by atoms with Gasteiger partial charge in [0.15, 0.2) is 5.78 Å². The van der Waals surface area contributed by atoms with Crippen LogP contribution in [0.2, 0.25) is 0 Å². The molecule has 1 atom stereocenters. The average Bonchev–Trinajstić information content (AvgIpc) is 2.81. The molecule has 2 aliphatic rings. The summed E-state index contributed by atoms with van der Waals surface area (Å²) < 4.78 is 0. The average molecular weight is 435 g/mol. The molecule has 1 fully saturated rings. The second-order valence-electron chi connectivity index (χ2n) is 9.30. The van der Waals surface area contributed by atoms with Gasteiger partial charge < -0.3 is 10.0 Å². The summed E-state index contributed by atoms with van der Waals surface area (Å²) in [6.07, 6.45) is 5.73. The molecule has 2 aromatic carbocycles. The van der Waals surface area contributed by atoms with Crippen LogP contribution in [0.1, 0.15) is 63.1 Å². The molecule has 2 aromatic rings. The number of aliphatic hydroxyl groups is 1. The van der Waals surface area contributed by atoms with E-state index in [9.17, 15) is 9.59 Å². The lowest BCUT2D eigenvalue weighted by Gasteiger charge is -2.48. The molecule has 1 unspecified atom stereocenters. The largest absolute Gasteiger partial charge is 0.395 e. The highest BCUT2D eigenvalue weighted by Gasteiger charge is 2.47. The topological polar surface area (TPSA) is 60.9 Å². The van der Waals surface area contributed by atoms with Gasteiger partial charge in [-0.1, -0.05) is 30.3 Å². The van der Waals surface area contributed by atoms with Crippen molar-refractivity contribution in [2.45, 2.75) is 51.0 Å². The first kappa shape index (κ1) is 22.7. The number of rotatable bonds is 6. The predicted octanol–water partition coefficient (Wildman–Crippen LogP) is 3.66. The third-order valence-electron chi connectivity index (χ3n) is 7.40. The molecule has 170 valence electrons. The Morgan fingerprint density at radius 1 is 1.16 bits per heavy atom. The van der Waals surface area contributed by atoms with E-state index in [0.717, 1.165) is 62.7 Å². The Morgan fingerprint density at radius 3 is 2.75 bits per heavy atom. The number of ketones is 1. The fourth-order valence-electron chi connectivity index (χ4n) is 5.44. The van der Waals surface area contributed by atoms with E-state index in [0.29, 0.717) is 12.1 Å². The van der Waals surface area contributed by atoms with Gasteiger partial charge in [0.2, 0.25) is 0 Å². The van der Waals surface area contributed by atoms with Crippen molar-refractivity contribution in [2.75, 3.05) is 33.3 Å². The van der Waals surface area contributed by atoms with Crippen molar-refractivity contribution in [3.05, 3.63) is 70.3 Å². The normalized spacial score (nSPS) is 20.9. The summed E-state index contributed by atoms with van der Waals surface area (Å²) in [6, 6.07) is 14.0. The number of likely N-dealkylation sites (N-methyl/N-ethyl adjacent to an activating group) is 1. The van der Waals surface area contributed by atoms with Crippen LogP contribution in [0.25, 0.3) is 0 Å². The Balaban J connectivity index is 1.56. The van der Waals surface area contributed by atoms with E-state index in [4.69, 9.17) is 5.11 Å². The molecule has 1 saturated heterocycles. The number of aliphatic hydroxyl groups excluding tert-OH is 1. The molecular weight excluding hydrogens is 400 g/mol. The van der Waals surface area contributed by atoms with Crippen molar-refractivity contribution < 1.29 is 14.7 Å². The van der Waals surface area contributed by atoms with Crippen molar-refractivity contribution in [2.24, 2.45) is 0 Å². The van der Waals surface area contributed by atoms with Crippen molar-refractivity contribution >= 4 is 11.7 Å². The summed E-state index contributed by atoms with van der Waals surface area (Å²) in [5, 5.41) is 9.11. The number of benzene rings is 2. The van der Waals surface area contributed by atoms with E-state index in [1.165, 1.54) is 16.0 Å². The molecule has 1 aliphatic heterocycles. The Bertz CT molecular complexity index is 1000. The fourth-order valence-corrected chi connectivity index (χ4v) is 5.44. The lowest BCUT2D eigenvalue weighted by atomic mass is 9.71. The molecule has 5 heteroatoms. The predicted molar refractivity (Wildman–Crippen MR) is 126 cm³/mol. The highest BCUT2D eigenvalue weighted by atomic mass is 16.3. The van der Waals surface area contributed by atoms with Gasteiger partial charge in [-0.15, -0.1) is 0 Å². The van der Waals surface area contributed by atoms with Crippen LogP contribution in [0.5, 0.6) is 0 Å². The van der Waals surface area contributed by atoms with Crippen LogP contribution in [0.3, 0.4) is 0 Å². The Labute approximate surface area is 191 Å². The number of Topliss-reactive ketones (excluding diaryl/α,β-unsaturated/α-hetero) is 1. The second kappa shape index (κ2) is 9.55. The van der Waals surface area contributed by atoms with Crippen LogP contribution in [0.4, 0.5) is 0 Å². The zero-order chi connectivity index (χ0) is 22.7. The molecule has 0 radical (unpaired) electrons. The van der Waals surface area contributed by atoms with Gasteiger partial charge in [-0.3, -0.25) is 14.5 Å². The quantitative estimate of drug-likeness (QED) is 0.754. The van der Waals surface area contributed by atoms with Crippen LogP contribution >= 0.6 is 0 Å². The summed E-state index contributed by atoms with van der Waals surface area (Å²) in [6.45, 7) is 4.25. The highest BCUT2D eigenvalue weighted by Crippen LogP contribution is 2.40. The number of carbonyl (C=O) groups excluding carboxylic acids is 2. The lowest BCUT2D eigenvalue weighted by molar-refractivity contribution is 0.0298. The van der Waals surface area contributed by atoms with Crippen molar-refractivity contribution in [1.29, 1.82) is 0 Å². The van der Waals surface area contributed by atoms with Gasteiger partial charge in [0.1, 0.15) is 0 Å². The van der Waals surface area contributed by atoms with E-state index < -0.39 is 5.54 Å². The number of nitrogens with zero attached hydrogens (tertiary/aromatic N) is 2. The number of carbonyl (C=O) groups is 2. The molecule has 1 amide bonds. The summed E-state index contributed by atoms with van der Waals surface area (Å²) in [7, 11) is 1.69. The van der Waals surface area contributed by atoms with E-state index in [1.54, 1.807) is 13.1 Å². The maximum Gasteiger partial charge on any atom is 0.253 e. The monoisotopic (exact) mass is 434 g/mol. The van der Waals surface area contributed by atoms with Crippen LogP contribution < -0.4 is 0 Å². The third kappa shape index (κ3) is 4.24. The molecule has 1 heterocycles. The minimum atomic E-state index is -0.410. The van der Waals surface area contributed by atoms with E-state index in [1.807, 2.05) is 12.1 Å². The number of hydrogen-bond donors (Lipinski definition) is 1. The molecule has 32 heavy (non-hydrogen) atoms. The zero-order valence-electron chi connectivity index (χ0n) is 19.3. The van der Waals surface area contributed by atoms with Crippen molar-refractivity contribution in [3.8, 4) is 0 Å². The zero-order valence-corrected chi connectivity index (χ0v) is 19.3. The number of likely N-dealkylation sites (tertiary alicyclic amines) is 1. The summed E-state index contributed by atoms with van der Waals surface area (Å²) >= 11 is 0. The van der Waals surface area contributed by atoms with E-state index in [-0.39, 0.29) is 18.3 Å². The van der Waals surface area contributed by atoms with Crippen molar-refractivity contribution in [3.63, 3.8) is 0 Å². The van der Waals surface area contributed by atoms with Gasteiger partial charge in [-0.25, -0.2) is 0 Å². The van der Waals surface area contributed by atoms with Gasteiger partial charge in [0, 0.05) is 31.3 Å². The number of amides is 1. The standard InChI is InChI=1S/C27H34N2O3/c1-20-7-3-4-8-21(20)12-16-29-15-6-5-13-27(29)14-11-22-19-23(9-10-24(22)25(27)31)26(32)28(2)17-18-30/h3-4,7-10,19,30H,5-6,11-18H2,1-2H3. The minimum absolute atomic E-state index is 0.0630. The first-order valence-electron chi connectivity index (χ1n) is 11.8. The van der Waals surface area contributed by atoms with Gasteiger partial charge in [0.25, 0.3) is 5.91 Å². The number of aryl methyl sites for hydroxylation is 2. The Hall–Kier alpha value is -2.50. The Kier molecular flexibility index (Phi) is 6.77. The number of fused-ring (bicyclic) bond motifs is 1. The molecular formula is C27H34N2O3. The maximum absolute atomic E-state index is 13.8. The minimum Gasteiger partial charge on any atom is -0.395 e. The lowest BCUT2D eigenvalue weighted by Crippen LogP contribution is -2.59. The maximum atomic E-state index is 13.8. The molecule has 0 bridgehead atoms. The Morgan fingerprint density at radius 2 is 1.97 bits per heavy atom. The summed E-state index contributed by atoms with van der Waals surface area (Å²) in [4.78, 5) is 30.4. The molecule has 0 saturated carbocycles. The van der Waals surface area contributed by atoms with Gasteiger partial charge in [-0.05, 0) is 80.8 Å². The second-order valence-corrected chi connectivity index (χ2v) is 9.30. The van der Waals surface area contributed by atoms with Gasteiger partial charge in [0.05, 0.1) is 12.1 Å². The molecule has 1 aliphatic carbocycles. The van der Waals surface area contributed by atoms with E-state index in [2.05, 4.69) is 36.1 Å².